The summed E-state index contributed by atoms with van der Waals surface area (Å²) in [5.41, 5.74) is 2.45. The molecule has 1 aliphatic rings. The van der Waals surface area contributed by atoms with Gasteiger partial charge in [-0.3, -0.25) is 9.78 Å². The standard InChI is InChI=1S/C12H20N6O2/c1-8(2)15-12(19)9-7-20-4-3-18(9)11-6-14-5-10(16-11)17-13/h5-6,8-9H,3-4,7,13H2,1-2H3,(H,15,19)(H,16,17). The van der Waals surface area contributed by atoms with Gasteiger partial charge in [-0.1, -0.05) is 0 Å². The van der Waals surface area contributed by atoms with Gasteiger partial charge in [0.05, 0.1) is 25.6 Å². The van der Waals surface area contributed by atoms with Gasteiger partial charge in [0.25, 0.3) is 0 Å². The molecule has 1 aromatic heterocycles. The van der Waals surface area contributed by atoms with E-state index in [-0.39, 0.29) is 11.9 Å². The number of anilines is 2. The number of aromatic nitrogens is 2. The zero-order valence-electron chi connectivity index (χ0n) is 11.7. The molecule has 1 unspecified atom stereocenters. The highest BCUT2D eigenvalue weighted by atomic mass is 16.5. The average molecular weight is 280 g/mol. The summed E-state index contributed by atoms with van der Waals surface area (Å²) in [5, 5.41) is 2.89. The van der Waals surface area contributed by atoms with Gasteiger partial charge in [0.2, 0.25) is 5.91 Å². The third-order valence-electron chi connectivity index (χ3n) is 2.93. The molecule has 4 N–H and O–H groups in total. The van der Waals surface area contributed by atoms with E-state index in [0.717, 1.165) is 0 Å². The molecule has 0 radical (unpaired) electrons. The number of hydrogen-bond acceptors (Lipinski definition) is 7. The average Bonchev–Trinajstić information content (AvgIpc) is 2.46. The van der Waals surface area contributed by atoms with Crippen LogP contribution >= 0.6 is 0 Å². The summed E-state index contributed by atoms with van der Waals surface area (Å²) in [4.78, 5) is 22.5. The monoisotopic (exact) mass is 280 g/mol. The van der Waals surface area contributed by atoms with Crippen molar-refractivity contribution in [3.63, 3.8) is 0 Å². The maximum absolute atomic E-state index is 12.2. The van der Waals surface area contributed by atoms with Crippen LogP contribution in [0.5, 0.6) is 0 Å². The smallest absolute Gasteiger partial charge is 0.245 e. The van der Waals surface area contributed by atoms with E-state index in [0.29, 0.717) is 31.4 Å². The van der Waals surface area contributed by atoms with Crippen LogP contribution in [0.25, 0.3) is 0 Å². The van der Waals surface area contributed by atoms with Gasteiger partial charge in [0.15, 0.2) is 5.82 Å². The van der Waals surface area contributed by atoms with Crippen molar-refractivity contribution in [2.24, 2.45) is 5.84 Å². The summed E-state index contributed by atoms with van der Waals surface area (Å²) in [6.07, 6.45) is 3.13. The van der Waals surface area contributed by atoms with Gasteiger partial charge in [-0.2, -0.15) is 0 Å². The number of carbonyl (C=O) groups is 1. The fraction of sp³-hybridized carbons (Fsp3) is 0.583. The van der Waals surface area contributed by atoms with Gasteiger partial charge in [0, 0.05) is 12.6 Å². The zero-order chi connectivity index (χ0) is 14.5. The van der Waals surface area contributed by atoms with E-state index in [9.17, 15) is 4.79 Å². The highest BCUT2D eigenvalue weighted by Crippen LogP contribution is 2.18. The molecule has 2 heterocycles. The van der Waals surface area contributed by atoms with Crippen molar-refractivity contribution in [2.75, 3.05) is 30.1 Å². The first-order valence-electron chi connectivity index (χ1n) is 6.55. The summed E-state index contributed by atoms with van der Waals surface area (Å²) in [7, 11) is 0. The van der Waals surface area contributed by atoms with Crippen LogP contribution < -0.4 is 21.5 Å². The Kier molecular flexibility index (Phi) is 4.70. The number of nitrogens with one attached hydrogen (secondary N) is 2. The Balaban J connectivity index is 2.19. The van der Waals surface area contributed by atoms with Crippen LogP contribution in [0.15, 0.2) is 12.4 Å². The van der Waals surface area contributed by atoms with E-state index < -0.39 is 6.04 Å². The second kappa shape index (κ2) is 6.49. The van der Waals surface area contributed by atoms with Crippen molar-refractivity contribution in [2.45, 2.75) is 25.9 Å². The first kappa shape index (κ1) is 14.5. The second-order valence-corrected chi connectivity index (χ2v) is 4.85. The molecule has 110 valence electrons. The molecular weight excluding hydrogens is 260 g/mol. The van der Waals surface area contributed by atoms with E-state index in [1.165, 1.54) is 6.20 Å². The van der Waals surface area contributed by atoms with Crippen LogP contribution in [-0.4, -0.2) is 47.7 Å². The van der Waals surface area contributed by atoms with Crippen LogP contribution in [0.4, 0.5) is 11.6 Å². The highest BCUT2D eigenvalue weighted by Gasteiger charge is 2.30. The number of hydrazine groups is 1. The lowest BCUT2D eigenvalue weighted by Gasteiger charge is -2.35. The van der Waals surface area contributed by atoms with Crippen LogP contribution in [0.1, 0.15) is 13.8 Å². The van der Waals surface area contributed by atoms with Gasteiger partial charge in [0.1, 0.15) is 11.9 Å². The topological polar surface area (TPSA) is 105 Å². The van der Waals surface area contributed by atoms with Crippen molar-refractivity contribution < 1.29 is 9.53 Å². The Morgan fingerprint density at radius 3 is 3.05 bits per heavy atom. The molecule has 0 spiro atoms. The quantitative estimate of drug-likeness (QED) is 0.504. The Morgan fingerprint density at radius 2 is 2.35 bits per heavy atom. The van der Waals surface area contributed by atoms with Crippen LogP contribution in [-0.2, 0) is 9.53 Å². The minimum Gasteiger partial charge on any atom is -0.377 e. The summed E-state index contributed by atoms with van der Waals surface area (Å²) in [6.45, 7) is 5.31. The molecule has 1 aliphatic heterocycles. The number of amides is 1. The lowest BCUT2D eigenvalue weighted by Crippen LogP contribution is -2.55. The maximum Gasteiger partial charge on any atom is 0.245 e. The number of nitrogens with two attached hydrogens (primary N) is 1. The maximum atomic E-state index is 12.2. The van der Waals surface area contributed by atoms with Gasteiger partial charge in [-0.05, 0) is 13.8 Å². The third-order valence-corrected chi connectivity index (χ3v) is 2.93. The lowest BCUT2D eigenvalue weighted by molar-refractivity contribution is -0.125. The highest BCUT2D eigenvalue weighted by molar-refractivity contribution is 5.85. The summed E-state index contributed by atoms with van der Waals surface area (Å²) in [5.74, 6) is 6.32. The number of hydrogen-bond donors (Lipinski definition) is 3. The van der Waals surface area contributed by atoms with E-state index in [4.69, 9.17) is 10.6 Å². The van der Waals surface area contributed by atoms with Gasteiger partial charge >= 0.3 is 0 Å². The Labute approximate surface area is 117 Å². The summed E-state index contributed by atoms with van der Waals surface area (Å²) >= 11 is 0. The largest absolute Gasteiger partial charge is 0.377 e. The number of morpholine rings is 1. The van der Waals surface area contributed by atoms with Crippen molar-refractivity contribution in [1.29, 1.82) is 0 Å². The number of ether oxygens (including phenoxy) is 1. The van der Waals surface area contributed by atoms with Gasteiger partial charge < -0.3 is 20.4 Å². The zero-order valence-corrected chi connectivity index (χ0v) is 11.7. The second-order valence-electron chi connectivity index (χ2n) is 4.85. The molecule has 0 aliphatic carbocycles. The molecule has 1 saturated heterocycles. The number of nitrogens with zero attached hydrogens (tertiary/aromatic N) is 3. The fourth-order valence-corrected chi connectivity index (χ4v) is 2.04. The summed E-state index contributed by atoms with van der Waals surface area (Å²) in [6, 6.07) is -0.331. The van der Waals surface area contributed by atoms with Crippen molar-refractivity contribution in [1.82, 2.24) is 15.3 Å². The Morgan fingerprint density at radius 1 is 1.55 bits per heavy atom. The molecule has 1 aromatic rings. The minimum absolute atomic E-state index is 0.0763. The fourth-order valence-electron chi connectivity index (χ4n) is 2.04. The summed E-state index contributed by atoms with van der Waals surface area (Å²) < 4.78 is 5.40. The SMILES string of the molecule is CC(C)NC(=O)C1COCCN1c1cncc(NN)n1. The van der Waals surface area contributed by atoms with Gasteiger partial charge in [-0.25, -0.2) is 10.8 Å². The number of carbonyl (C=O) groups excluding carboxylic acids is 1. The molecule has 8 nitrogen and oxygen atoms in total. The normalized spacial score (nSPS) is 19.0. The first-order valence-corrected chi connectivity index (χ1v) is 6.55. The van der Waals surface area contributed by atoms with Crippen LogP contribution in [0.2, 0.25) is 0 Å². The lowest BCUT2D eigenvalue weighted by atomic mass is 10.2. The molecular formula is C12H20N6O2. The molecule has 0 bridgehead atoms. The third kappa shape index (κ3) is 3.34. The molecule has 1 amide bonds. The molecule has 1 atom stereocenters. The molecule has 1 fully saturated rings. The number of rotatable bonds is 4. The van der Waals surface area contributed by atoms with Crippen molar-refractivity contribution >= 4 is 17.5 Å². The van der Waals surface area contributed by atoms with E-state index in [2.05, 4.69) is 20.7 Å². The van der Waals surface area contributed by atoms with E-state index in [1.54, 1.807) is 6.20 Å². The molecule has 0 aromatic carbocycles. The van der Waals surface area contributed by atoms with Crippen molar-refractivity contribution in [3.8, 4) is 0 Å². The Bertz CT molecular complexity index is 467. The molecule has 2 rings (SSSR count). The van der Waals surface area contributed by atoms with E-state index in [1.807, 2.05) is 18.7 Å². The van der Waals surface area contributed by atoms with E-state index >= 15 is 0 Å². The Hall–Kier alpha value is -1.93. The molecule has 8 heteroatoms. The first-order chi connectivity index (χ1) is 9.61. The van der Waals surface area contributed by atoms with Gasteiger partial charge in [-0.15, -0.1) is 0 Å². The van der Waals surface area contributed by atoms with Crippen LogP contribution in [0.3, 0.4) is 0 Å². The van der Waals surface area contributed by atoms with Crippen molar-refractivity contribution in [3.05, 3.63) is 12.4 Å². The molecule has 20 heavy (non-hydrogen) atoms. The number of nitrogen functional groups attached to an aromatic ring is 1. The minimum atomic E-state index is -0.409. The predicted molar refractivity (Wildman–Crippen MR) is 75.1 cm³/mol. The molecule has 0 saturated carbocycles. The predicted octanol–water partition coefficient (Wildman–Crippen LogP) is -0.508. The van der Waals surface area contributed by atoms with Crippen LogP contribution in [0, 0.1) is 0 Å².